The number of hydrogen-bond acceptors (Lipinski definition) is 4. The van der Waals surface area contributed by atoms with Gasteiger partial charge in [0.25, 0.3) is 0 Å². The molecule has 0 N–H and O–H groups in total. The van der Waals surface area contributed by atoms with E-state index < -0.39 is 0 Å². The summed E-state index contributed by atoms with van der Waals surface area (Å²) < 4.78 is 5.90. The van der Waals surface area contributed by atoms with Crippen LogP contribution in [0.25, 0.3) is 61.6 Å². The Labute approximate surface area is 498 Å². The first kappa shape index (κ1) is 60.8. The summed E-state index contributed by atoms with van der Waals surface area (Å²) in [4.78, 5) is 6.03. The van der Waals surface area contributed by atoms with Gasteiger partial charge >= 0.3 is 0 Å². The normalized spacial score (nSPS) is 19.0. The number of hydrogen-bond donors (Lipinski definition) is 0. The molecule has 0 nitrogen and oxygen atoms in total. The predicted molar refractivity (Wildman–Crippen MR) is 360 cm³/mol. The first-order valence-corrected chi connectivity index (χ1v) is 36.2. The van der Waals surface area contributed by atoms with Crippen molar-refractivity contribution in [2.75, 3.05) is 0 Å². The molecule has 4 aromatic heterocycles. The average molecular weight is 1140 g/mol. The predicted octanol–water partition coefficient (Wildman–Crippen LogP) is 26.5. The molecule has 4 heterocycles. The van der Waals surface area contributed by atoms with E-state index >= 15 is 0 Å². The fraction of sp³-hybridized carbons (Fsp3) is 0.627. The van der Waals surface area contributed by atoms with Gasteiger partial charge in [0.2, 0.25) is 0 Å². The number of unbranched alkanes of at least 4 members (excludes halogenated alkanes) is 4. The fourth-order valence-corrected chi connectivity index (χ4v) is 20.5. The van der Waals surface area contributed by atoms with E-state index in [0.717, 1.165) is 0 Å². The summed E-state index contributed by atoms with van der Waals surface area (Å²) in [7, 11) is 0. The molecule has 79 heavy (non-hydrogen) atoms. The van der Waals surface area contributed by atoms with E-state index in [-0.39, 0.29) is 16.2 Å². The van der Waals surface area contributed by atoms with Crippen LogP contribution in [0, 0.1) is 35.5 Å². The lowest BCUT2D eigenvalue weighted by Crippen LogP contribution is -2.32. The zero-order valence-corrected chi connectivity index (χ0v) is 55.8. The topological polar surface area (TPSA) is 0 Å². The van der Waals surface area contributed by atoms with Gasteiger partial charge in [-0.3, -0.25) is 0 Å². The number of benzene rings is 3. The average Bonchev–Trinajstić information content (AvgIpc) is 4.44. The highest BCUT2D eigenvalue weighted by atomic mass is 32.1. The van der Waals surface area contributed by atoms with E-state index in [1.165, 1.54) is 185 Å². The maximum atomic E-state index is 2.94. The van der Waals surface area contributed by atoms with E-state index in [1.807, 2.05) is 22.7 Å². The third-order valence-electron chi connectivity index (χ3n) is 21.2. The molecule has 0 amide bonds. The molecule has 0 fully saturated rings. The Morgan fingerprint density at radius 3 is 1.19 bits per heavy atom. The molecule has 0 radical (unpaired) electrons. The second kappa shape index (κ2) is 26.0. The van der Waals surface area contributed by atoms with E-state index in [1.54, 1.807) is 49.4 Å². The fourth-order valence-electron chi connectivity index (χ4n) is 15.3. The quantitative estimate of drug-likeness (QED) is 0.0406. The minimum Gasteiger partial charge on any atom is -0.140 e. The Hall–Kier alpha value is -2.76. The molecule has 0 aliphatic heterocycles. The monoisotopic (exact) mass is 1130 g/mol. The van der Waals surface area contributed by atoms with Crippen LogP contribution in [0.3, 0.4) is 0 Å². The zero-order chi connectivity index (χ0) is 56.4. The van der Waals surface area contributed by atoms with Crippen LogP contribution in [0.4, 0.5) is 0 Å². The van der Waals surface area contributed by atoms with E-state index in [4.69, 9.17) is 0 Å². The second-order valence-electron chi connectivity index (χ2n) is 27.2. The SMILES string of the molecule is CCCCC(CC)CC1(CC(CC)CCCC)c2cc3c(cc2-c2cc4sc(-c5cc6sc(C(C)(C)C(C)C)cc6s5)cc4cc21)C(CC(CC)CCCC)(CC(CC)CCCC)c1cc2cc(C(CCC)C(C)C)sc2cc1-3. The van der Waals surface area contributed by atoms with Crippen molar-refractivity contribution < 1.29 is 0 Å². The lowest BCUT2D eigenvalue weighted by atomic mass is 9.63. The van der Waals surface area contributed by atoms with Gasteiger partial charge in [0.15, 0.2) is 0 Å². The zero-order valence-electron chi connectivity index (χ0n) is 52.5. The van der Waals surface area contributed by atoms with E-state index in [0.29, 0.717) is 41.4 Å². The summed E-state index contributed by atoms with van der Waals surface area (Å²) >= 11 is 8.26. The van der Waals surface area contributed by atoms with Gasteiger partial charge < -0.3 is 0 Å². The van der Waals surface area contributed by atoms with Crippen LogP contribution in [-0.4, -0.2) is 0 Å². The van der Waals surface area contributed by atoms with Gasteiger partial charge in [0, 0.05) is 54.6 Å². The van der Waals surface area contributed by atoms with Crippen LogP contribution in [0.2, 0.25) is 0 Å². The van der Waals surface area contributed by atoms with Crippen molar-refractivity contribution in [1.82, 2.24) is 0 Å². The molecular weight excluding hydrogens is 1030 g/mol. The lowest BCUT2D eigenvalue weighted by molar-refractivity contribution is 0.264. The van der Waals surface area contributed by atoms with Crippen molar-refractivity contribution >= 4 is 74.9 Å². The Morgan fingerprint density at radius 2 is 0.785 bits per heavy atom. The molecule has 3 aromatic carbocycles. The summed E-state index contributed by atoms with van der Waals surface area (Å²) in [5.74, 6) is 4.64. The van der Waals surface area contributed by atoms with Crippen molar-refractivity contribution in [2.45, 2.75) is 267 Å². The summed E-state index contributed by atoms with van der Waals surface area (Å²) in [6.07, 6.45) is 28.3. The van der Waals surface area contributed by atoms with Gasteiger partial charge in [0.05, 0.1) is 0 Å². The minimum absolute atomic E-state index is 0.0260. The smallest absolute Gasteiger partial charge is 0.0463 e. The van der Waals surface area contributed by atoms with E-state index in [2.05, 4.69) is 187 Å². The molecule has 430 valence electrons. The molecule has 5 atom stereocenters. The van der Waals surface area contributed by atoms with Crippen molar-refractivity contribution in [1.29, 1.82) is 0 Å². The summed E-state index contributed by atoms with van der Waals surface area (Å²) in [5.41, 5.74) is 13.2. The van der Waals surface area contributed by atoms with Gasteiger partial charge in [0.1, 0.15) is 0 Å². The maximum absolute atomic E-state index is 2.94. The van der Waals surface area contributed by atoms with Crippen molar-refractivity contribution in [2.24, 2.45) is 35.5 Å². The molecule has 9 rings (SSSR count). The highest BCUT2D eigenvalue weighted by Crippen LogP contribution is 2.64. The molecule has 5 unspecified atom stereocenters. The molecule has 2 aliphatic carbocycles. The number of rotatable bonds is 31. The molecule has 4 heteroatoms. The van der Waals surface area contributed by atoms with Crippen LogP contribution in [0.15, 0.2) is 60.7 Å². The van der Waals surface area contributed by atoms with Gasteiger partial charge in [-0.2, -0.15) is 0 Å². The standard InChI is InChI=1S/C75H106S4/c1-16-25-30-50(21-6)44-74(45-51(22-7)31-26-17-2)61-34-54-36-67(56(29-20-5)48(10)11)76-65(54)40-59(61)57-38-64-58(39-63(57)74)60-41-66-55(37-68(77-66)69-42-70-71(78-69)43-72(79-70)73(14,15)49(12)13)35-62(60)75(64,46-52(23-8)32-27-18-3)47-53(24-9)33-28-19-4/h34-43,48-53,56H,16-33,44-47H2,1-15H3. The van der Waals surface area contributed by atoms with Crippen molar-refractivity contribution in [3.05, 3.63) is 92.7 Å². The van der Waals surface area contributed by atoms with Crippen LogP contribution < -0.4 is 0 Å². The molecular formula is C75H106S4. The first-order chi connectivity index (χ1) is 38.1. The summed E-state index contributed by atoms with van der Waals surface area (Å²) in [6.45, 7) is 36.7. The Bertz CT molecular complexity index is 3050. The van der Waals surface area contributed by atoms with E-state index in [9.17, 15) is 0 Å². The summed E-state index contributed by atoms with van der Waals surface area (Å²) in [6, 6.07) is 27.3. The molecule has 7 aromatic rings. The van der Waals surface area contributed by atoms with Gasteiger partial charge in [-0.25, -0.2) is 0 Å². The highest BCUT2D eigenvalue weighted by molar-refractivity contribution is 7.32. The minimum atomic E-state index is -0.0413. The Balaban J connectivity index is 1.33. The third-order valence-corrected chi connectivity index (χ3v) is 26.3. The van der Waals surface area contributed by atoms with Crippen molar-refractivity contribution in [3.8, 4) is 32.0 Å². The first-order valence-electron chi connectivity index (χ1n) is 33.0. The molecule has 2 aliphatic rings. The van der Waals surface area contributed by atoms with Crippen LogP contribution in [0.1, 0.15) is 283 Å². The number of fused-ring (bicyclic) bond motifs is 9. The van der Waals surface area contributed by atoms with Crippen molar-refractivity contribution in [3.63, 3.8) is 0 Å². The number of thiophene rings is 4. The molecule has 0 bridgehead atoms. The van der Waals surface area contributed by atoms with Crippen LogP contribution in [-0.2, 0) is 16.2 Å². The summed E-state index contributed by atoms with van der Waals surface area (Å²) in [5, 5.41) is 2.98. The Morgan fingerprint density at radius 1 is 0.392 bits per heavy atom. The van der Waals surface area contributed by atoms with Crippen LogP contribution >= 0.6 is 45.3 Å². The largest absolute Gasteiger partial charge is 0.140 e. The lowest BCUT2D eigenvalue weighted by Gasteiger charge is -2.40. The third kappa shape index (κ3) is 11.9. The van der Waals surface area contributed by atoms with Gasteiger partial charge in [-0.1, -0.05) is 213 Å². The highest BCUT2D eigenvalue weighted by Gasteiger charge is 2.51. The maximum Gasteiger partial charge on any atom is 0.0463 e. The second-order valence-corrected chi connectivity index (χ2v) is 31.6. The molecule has 0 saturated carbocycles. The molecule has 0 spiro atoms. The van der Waals surface area contributed by atoms with Gasteiger partial charge in [-0.15, -0.1) is 45.3 Å². The van der Waals surface area contributed by atoms with Crippen LogP contribution in [0.5, 0.6) is 0 Å². The molecule has 0 saturated heterocycles. The van der Waals surface area contributed by atoms with Gasteiger partial charge in [-0.05, 0) is 189 Å². The Kier molecular flexibility index (Phi) is 20.0.